The van der Waals surface area contributed by atoms with Crippen LogP contribution in [0.25, 0.3) is 6.08 Å². The number of hydrogen-bond acceptors (Lipinski definition) is 4. The van der Waals surface area contributed by atoms with Crippen LogP contribution in [0.3, 0.4) is 0 Å². The maximum atomic E-state index is 5.51. The first-order chi connectivity index (χ1) is 11.8. The quantitative estimate of drug-likeness (QED) is 0.828. The van der Waals surface area contributed by atoms with Crippen molar-refractivity contribution < 1.29 is 4.74 Å². The van der Waals surface area contributed by atoms with E-state index in [4.69, 9.17) is 4.74 Å². The number of ether oxygens (including phenoxy) is 1. The van der Waals surface area contributed by atoms with Gasteiger partial charge in [-0.1, -0.05) is 48.0 Å². The van der Waals surface area contributed by atoms with Gasteiger partial charge >= 0.3 is 0 Å². The standard InChI is InChI=1S/C20H26N2OS/c1-17(14-18-6-3-2-4-7-18)15-21-16-19(20-8-5-13-24-20)22-9-11-23-12-10-22/h2-8,13-14,19,21H,9-12,15-16H2,1H3/b17-14-. The molecule has 24 heavy (non-hydrogen) atoms. The third-order valence-electron chi connectivity index (χ3n) is 4.31. The van der Waals surface area contributed by atoms with E-state index in [1.807, 2.05) is 11.3 Å². The summed E-state index contributed by atoms with van der Waals surface area (Å²) in [5.74, 6) is 0. The lowest BCUT2D eigenvalue weighted by Gasteiger charge is -2.34. The van der Waals surface area contributed by atoms with Gasteiger partial charge in [0.2, 0.25) is 0 Å². The first kappa shape index (κ1) is 17.4. The molecule has 1 aromatic carbocycles. The molecule has 1 saturated heterocycles. The Balaban J connectivity index is 1.56. The molecule has 1 fully saturated rings. The van der Waals surface area contributed by atoms with Gasteiger partial charge in [0.15, 0.2) is 0 Å². The zero-order chi connectivity index (χ0) is 16.6. The molecule has 1 N–H and O–H groups in total. The molecule has 1 aliphatic heterocycles. The molecule has 4 heteroatoms. The number of rotatable bonds is 7. The Morgan fingerprint density at radius 3 is 2.71 bits per heavy atom. The molecule has 0 amide bonds. The number of nitrogens with zero attached hydrogens (tertiary/aromatic N) is 1. The monoisotopic (exact) mass is 342 g/mol. The van der Waals surface area contributed by atoms with Crippen molar-refractivity contribution in [2.75, 3.05) is 39.4 Å². The Bertz CT molecular complexity index is 618. The second-order valence-electron chi connectivity index (χ2n) is 6.21. The van der Waals surface area contributed by atoms with Crippen molar-refractivity contribution in [1.82, 2.24) is 10.2 Å². The van der Waals surface area contributed by atoms with Crippen LogP contribution in [0.2, 0.25) is 0 Å². The second-order valence-corrected chi connectivity index (χ2v) is 7.19. The summed E-state index contributed by atoms with van der Waals surface area (Å²) >= 11 is 1.85. The fourth-order valence-electron chi connectivity index (χ4n) is 3.07. The molecule has 1 atom stereocenters. The lowest BCUT2D eigenvalue weighted by molar-refractivity contribution is 0.0170. The lowest BCUT2D eigenvalue weighted by atomic mass is 10.1. The zero-order valence-corrected chi connectivity index (χ0v) is 15.1. The lowest BCUT2D eigenvalue weighted by Crippen LogP contribution is -2.42. The molecular formula is C20H26N2OS. The summed E-state index contributed by atoms with van der Waals surface area (Å²) < 4.78 is 5.51. The second kappa shape index (κ2) is 9.14. The molecule has 0 bridgehead atoms. The summed E-state index contributed by atoms with van der Waals surface area (Å²) in [7, 11) is 0. The van der Waals surface area contributed by atoms with Crippen molar-refractivity contribution >= 4 is 17.4 Å². The molecule has 2 heterocycles. The Morgan fingerprint density at radius 1 is 1.21 bits per heavy atom. The normalized spacial score (nSPS) is 17.8. The van der Waals surface area contributed by atoms with Crippen LogP contribution in [-0.4, -0.2) is 44.3 Å². The molecule has 1 unspecified atom stereocenters. The van der Waals surface area contributed by atoms with E-state index in [-0.39, 0.29) is 0 Å². The molecule has 2 aromatic rings. The van der Waals surface area contributed by atoms with Crippen LogP contribution in [0.5, 0.6) is 0 Å². The van der Waals surface area contributed by atoms with Crippen LogP contribution in [0.4, 0.5) is 0 Å². The average Bonchev–Trinajstić information content (AvgIpc) is 3.14. The molecule has 0 radical (unpaired) electrons. The Hall–Kier alpha value is -1.46. The maximum Gasteiger partial charge on any atom is 0.0594 e. The minimum absolute atomic E-state index is 0.443. The molecule has 0 saturated carbocycles. The van der Waals surface area contributed by atoms with Crippen molar-refractivity contribution in [2.24, 2.45) is 0 Å². The van der Waals surface area contributed by atoms with E-state index in [1.54, 1.807) is 0 Å². The number of thiophene rings is 1. The van der Waals surface area contributed by atoms with Crippen molar-refractivity contribution in [3.8, 4) is 0 Å². The molecule has 1 aromatic heterocycles. The topological polar surface area (TPSA) is 24.5 Å². The van der Waals surface area contributed by atoms with Crippen LogP contribution in [0.1, 0.15) is 23.4 Å². The average molecular weight is 343 g/mol. The highest BCUT2D eigenvalue weighted by molar-refractivity contribution is 7.10. The summed E-state index contributed by atoms with van der Waals surface area (Å²) in [5.41, 5.74) is 2.62. The van der Waals surface area contributed by atoms with E-state index in [0.29, 0.717) is 6.04 Å². The van der Waals surface area contributed by atoms with Crippen molar-refractivity contribution in [3.63, 3.8) is 0 Å². The van der Waals surface area contributed by atoms with Crippen LogP contribution in [0, 0.1) is 0 Å². The Kier molecular flexibility index (Phi) is 6.61. The van der Waals surface area contributed by atoms with Crippen LogP contribution >= 0.6 is 11.3 Å². The predicted molar refractivity (Wildman–Crippen MR) is 102 cm³/mol. The summed E-state index contributed by atoms with van der Waals surface area (Å²) in [6.07, 6.45) is 2.25. The van der Waals surface area contributed by atoms with Crippen molar-refractivity contribution in [3.05, 3.63) is 63.9 Å². The zero-order valence-electron chi connectivity index (χ0n) is 14.3. The minimum atomic E-state index is 0.443. The van der Waals surface area contributed by atoms with Crippen molar-refractivity contribution in [1.29, 1.82) is 0 Å². The van der Waals surface area contributed by atoms with Gasteiger partial charge in [0.25, 0.3) is 0 Å². The summed E-state index contributed by atoms with van der Waals surface area (Å²) in [6.45, 7) is 7.80. The van der Waals surface area contributed by atoms with Gasteiger partial charge in [0, 0.05) is 31.1 Å². The van der Waals surface area contributed by atoms with E-state index in [9.17, 15) is 0 Å². The van der Waals surface area contributed by atoms with Crippen LogP contribution in [0.15, 0.2) is 53.4 Å². The van der Waals surface area contributed by atoms with E-state index in [2.05, 4.69) is 71.1 Å². The molecular weight excluding hydrogens is 316 g/mol. The van der Waals surface area contributed by atoms with E-state index in [1.165, 1.54) is 16.0 Å². The van der Waals surface area contributed by atoms with Crippen LogP contribution in [-0.2, 0) is 4.74 Å². The van der Waals surface area contributed by atoms with Gasteiger partial charge in [-0.2, -0.15) is 0 Å². The van der Waals surface area contributed by atoms with Gasteiger partial charge in [-0.25, -0.2) is 0 Å². The molecule has 0 aliphatic carbocycles. The van der Waals surface area contributed by atoms with Crippen molar-refractivity contribution in [2.45, 2.75) is 13.0 Å². The molecule has 0 spiro atoms. The van der Waals surface area contributed by atoms with Gasteiger partial charge < -0.3 is 10.1 Å². The third-order valence-corrected chi connectivity index (χ3v) is 5.29. The highest BCUT2D eigenvalue weighted by atomic mass is 32.1. The van der Waals surface area contributed by atoms with E-state index >= 15 is 0 Å². The largest absolute Gasteiger partial charge is 0.379 e. The number of morpholine rings is 1. The highest BCUT2D eigenvalue weighted by Gasteiger charge is 2.22. The fourth-order valence-corrected chi connectivity index (χ4v) is 3.93. The smallest absolute Gasteiger partial charge is 0.0594 e. The Labute approximate surface area is 149 Å². The molecule has 3 rings (SSSR count). The number of nitrogens with one attached hydrogen (secondary N) is 1. The molecule has 3 nitrogen and oxygen atoms in total. The molecule has 1 aliphatic rings. The summed E-state index contributed by atoms with van der Waals surface area (Å²) in [4.78, 5) is 3.98. The highest BCUT2D eigenvalue weighted by Crippen LogP contribution is 2.25. The third kappa shape index (κ3) is 5.02. The molecule has 128 valence electrons. The van der Waals surface area contributed by atoms with Gasteiger partial charge in [-0.05, 0) is 23.9 Å². The Morgan fingerprint density at radius 2 is 2.00 bits per heavy atom. The summed E-state index contributed by atoms with van der Waals surface area (Å²) in [5, 5.41) is 5.82. The van der Waals surface area contributed by atoms with E-state index in [0.717, 1.165) is 39.4 Å². The first-order valence-corrected chi connectivity index (χ1v) is 9.49. The van der Waals surface area contributed by atoms with Gasteiger partial charge in [0.05, 0.1) is 19.3 Å². The number of hydrogen-bond donors (Lipinski definition) is 1. The SMILES string of the molecule is C/C(=C/c1ccccc1)CNCC(c1cccs1)N1CCOCC1. The predicted octanol–water partition coefficient (Wildman–Crippen LogP) is 3.81. The van der Waals surface area contributed by atoms with E-state index < -0.39 is 0 Å². The fraction of sp³-hybridized carbons (Fsp3) is 0.400. The van der Waals surface area contributed by atoms with Crippen LogP contribution < -0.4 is 5.32 Å². The summed E-state index contributed by atoms with van der Waals surface area (Å²) in [6, 6.07) is 15.3. The van der Waals surface area contributed by atoms with Gasteiger partial charge in [-0.15, -0.1) is 11.3 Å². The minimum Gasteiger partial charge on any atom is -0.379 e. The maximum absolute atomic E-state index is 5.51. The van der Waals surface area contributed by atoms with Gasteiger partial charge in [0.1, 0.15) is 0 Å². The first-order valence-electron chi connectivity index (χ1n) is 8.61. The van der Waals surface area contributed by atoms with Gasteiger partial charge in [-0.3, -0.25) is 4.90 Å². The number of benzene rings is 1.